The third-order valence-electron chi connectivity index (χ3n) is 2.55. The van der Waals surface area contributed by atoms with Gasteiger partial charge in [0.15, 0.2) is 0 Å². The van der Waals surface area contributed by atoms with E-state index < -0.39 is 0 Å². The second kappa shape index (κ2) is 5.23. The minimum atomic E-state index is -0.247. The Balaban J connectivity index is 2.19. The Labute approximate surface area is 114 Å². The van der Waals surface area contributed by atoms with Crippen LogP contribution in [0.25, 0.3) is 0 Å². The summed E-state index contributed by atoms with van der Waals surface area (Å²) in [5, 5.41) is 12.3. The van der Waals surface area contributed by atoms with Crippen LogP contribution in [0.15, 0.2) is 46.9 Å². The zero-order valence-electron chi connectivity index (χ0n) is 9.77. The van der Waals surface area contributed by atoms with Crippen LogP contribution in [-0.4, -0.2) is 11.0 Å². The highest BCUT2D eigenvalue weighted by Crippen LogP contribution is 2.20. The van der Waals surface area contributed by atoms with E-state index in [1.807, 2.05) is 18.2 Å². The molecular formula is C14H12BrNO2. The van der Waals surface area contributed by atoms with Gasteiger partial charge in [0.1, 0.15) is 5.75 Å². The Hall–Kier alpha value is -1.81. The molecule has 18 heavy (non-hydrogen) atoms. The molecule has 1 amide bonds. The molecular weight excluding hydrogens is 294 g/mol. The molecule has 0 saturated carbocycles. The van der Waals surface area contributed by atoms with Crippen LogP contribution >= 0.6 is 15.9 Å². The highest BCUT2D eigenvalue weighted by Gasteiger charge is 2.08. The van der Waals surface area contributed by atoms with Crippen LogP contribution in [0.2, 0.25) is 0 Å². The molecule has 0 spiro atoms. The van der Waals surface area contributed by atoms with Gasteiger partial charge in [-0.25, -0.2) is 0 Å². The molecule has 2 N–H and O–H groups in total. The van der Waals surface area contributed by atoms with Gasteiger partial charge in [-0.2, -0.15) is 0 Å². The zero-order valence-corrected chi connectivity index (χ0v) is 11.4. The van der Waals surface area contributed by atoms with E-state index in [1.54, 1.807) is 25.1 Å². The minimum Gasteiger partial charge on any atom is -0.508 e. The van der Waals surface area contributed by atoms with Gasteiger partial charge in [-0.1, -0.05) is 28.1 Å². The molecule has 0 unspecified atom stereocenters. The van der Waals surface area contributed by atoms with E-state index in [0.29, 0.717) is 11.3 Å². The summed E-state index contributed by atoms with van der Waals surface area (Å²) < 4.78 is 0.895. The first-order valence-electron chi connectivity index (χ1n) is 5.43. The van der Waals surface area contributed by atoms with E-state index in [0.717, 1.165) is 10.0 Å². The number of phenols is 1. The van der Waals surface area contributed by atoms with Crippen LogP contribution < -0.4 is 5.32 Å². The van der Waals surface area contributed by atoms with E-state index in [-0.39, 0.29) is 11.7 Å². The second-order valence-electron chi connectivity index (χ2n) is 3.97. The maximum atomic E-state index is 12.0. The van der Waals surface area contributed by atoms with E-state index >= 15 is 0 Å². The second-order valence-corrected chi connectivity index (χ2v) is 4.88. The molecule has 0 aromatic heterocycles. The fraction of sp³-hybridized carbons (Fsp3) is 0.0714. The number of carbonyl (C=O) groups excluding carboxylic acids is 1. The number of benzene rings is 2. The minimum absolute atomic E-state index is 0.122. The van der Waals surface area contributed by atoms with Gasteiger partial charge < -0.3 is 10.4 Å². The average Bonchev–Trinajstić information content (AvgIpc) is 2.32. The van der Waals surface area contributed by atoms with Crippen molar-refractivity contribution >= 4 is 27.5 Å². The number of halogens is 1. The highest BCUT2D eigenvalue weighted by molar-refractivity contribution is 9.10. The van der Waals surface area contributed by atoms with Crippen molar-refractivity contribution in [2.24, 2.45) is 0 Å². The van der Waals surface area contributed by atoms with Crippen LogP contribution in [0.4, 0.5) is 5.69 Å². The molecule has 0 aliphatic carbocycles. The van der Waals surface area contributed by atoms with Crippen LogP contribution in [0, 0.1) is 6.92 Å². The summed E-state index contributed by atoms with van der Waals surface area (Å²) in [6.45, 7) is 1.78. The summed E-state index contributed by atoms with van der Waals surface area (Å²) in [6, 6.07) is 12.2. The van der Waals surface area contributed by atoms with Gasteiger partial charge in [0, 0.05) is 15.7 Å². The Morgan fingerprint density at radius 1 is 1.22 bits per heavy atom. The van der Waals surface area contributed by atoms with E-state index in [4.69, 9.17) is 0 Å². The van der Waals surface area contributed by atoms with Crippen molar-refractivity contribution in [2.45, 2.75) is 6.92 Å². The maximum absolute atomic E-state index is 12.0. The van der Waals surface area contributed by atoms with Crippen LogP contribution in [0.3, 0.4) is 0 Å². The number of carbonyl (C=O) groups is 1. The molecule has 4 heteroatoms. The topological polar surface area (TPSA) is 49.3 Å². The molecule has 2 rings (SSSR count). The Kier molecular flexibility index (Phi) is 3.67. The van der Waals surface area contributed by atoms with Crippen molar-refractivity contribution in [3.8, 4) is 5.75 Å². The largest absolute Gasteiger partial charge is 0.508 e. The van der Waals surface area contributed by atoms with Gasteiger partial charge in [-0.15, -0.1) is 0 Å². The fourth-order valence-electron chi connectivity index (χ4n) is 1.52. The van der Waals surface area contributed by atoms with Gasteiger partial charge in [0.2, 0.25) is 0 Å². The molecule has 0 saturated heterocycles. The monoisotopic (exact) mass is 305 g/mol. The van der Waals surface area contributed by atoms with Crippen molar-refractivity contribution in [2.75, 3.05) is 5.32 Å². The Morgan fingerprint density at radius 3 is 2.67 bits per heavy atom. The molecule has 2 aromatic carbocycles. The summed E-state index contributed by atoms with van der Waals surface area (Å²) in [5.74, 6) is -0.125. The molecule has 2 aromatic rings. The molecule has 0 bridgehead atoms. The van der Waals surface area contributed by atoms with Gasteiger partial charge in [0.25, 0.3) is 5.91 Å². The normalized spacial score (nSPS) is 10.1. The smallest absolute Gasteiger partial charge is 0.255 e. The standard InChI is InChI=1S/C14H12BrNO2/c1-9-5-6-10(7-13(9)17)14(18)16-12-4-2-3-11(15)8-12/h2-8,17H,1H3,(H,16,18). The van der Waals surface area contributed by atoms with Crippen molar-refractivity contribution in [1.82, 2.24) is 0 Å². The van der Waals surface area contributed by atoms with E-state index in [1.165, 1.54) is 6.07 Å². The van der Waals surface area contributed by atoms with Gasteiger partial charge in [0.05, 0.1) is 0 Å². The lowest BCUT2D eigenvalue weighted by atomic mass is 10.1. The zero-order chi connectivity index (χ0) is 13.1. The lowest BCUT2D eigenvalue weighted by Crippen LogP contribution is -2.11. The summed E-state index contributed by atoms with van der Waals surface area (Å²) in [7, 11) is 0. The average molecular weight is 306 g/mol. The van der Waals surface area contributed by atoms with Gasteiger partial charge >= 0.3 is 0 Å². The van der Waals surface area contributed by atoms with E-state index in [9.17, 15) is 9.90 Å². The van der Waals surface area contributed by atoms with Crippen molar-refractivity contribution in [3.05, 3.63) is 58.1 Å². The van der Waals surface area contributed by atoms with Crippen LogP contribution in [0.1, 0.15) is 15.9 Å². The highest BCUT2D eigenvalue weighted by atomic mass is 79.9. The van der Waals surface area contributed by atoms with Crippen LogP contribution in [0.5, 0.6) is 5.75 Å². The van der Waals surface area contributed by atoms with Crippen molar-refractivity contribution in [1.29, 1.82) is 0 Å². The number of hydrogen-bond acceptors (Lipinski definition) is 2. The molecule has 92 valence electrons. The first-order chi connectivity index (χ1) is 8.56. The number of nitrogens with one attached hydrogen (secondary N) is 1. The van der Waals surface area contributed by atoms with E-state index in [2.05, 4.69) is 21.2 Å². The number of phenolic OH excluding ortho intramolecular Hbond substituents is 1. The number of aromatic hydroxyl groups is 1. The van der Waals surface area contributed by atoms with Gasteiger partial charge in [-0.3, -0.25) is 4.79 Å². The van der Waals surface area contributed by atoms with Gasteiger partial charge in [-0.05, 0) is 42.8 Å². The molecule has 0 fully saturated rings. The molecule has 0 aliphatic rings. The van der Waals surface area contributed by atoms with Crippen LogP contribution in [-0.2, 0) is 0 Å². The number of hydrogen-bond donors (Lipinski definition) is 2. The molecule has 0 atom stereocenters. The molecule has 0 radical (unpaired) electrons. The summed E-state index contributed by atoms with van der Waals surface area (Å²) in [5.41, 5.74) is 1.88. The molecule has 0 heterocycles. The predicted molar refractivity (Wildman–Crippen MR) is 74.9 cm³/mol. The van der Waals surface area contributed by atoms with Crippen molar-refractivity contribution in [3.63, 3.8) is 0 Å². The predicted octanol–water partition coefficient (Wildman–Crippen LogP) is 3.72. The number of aryl methyl sites for hydroxylation is 1. The SMILES string of the molecule is Cc1ccc(C(=O)Nc2cccc(Br)c2)cc1O. The third kappa shape index (κ3) is 2.90. The summed E-state index contributed by atoms with van der Waals surface area (Å²) in [6.07, 6.45) is 0. The molecule has 3 nitrogen and oxygen atoms in total. The number of anilines is 1. The summed E-state index contributed by atoms with van der Waals surface area (Å²) >= 11 is 3.34. The number of rotatable bonds is 2. The molecule has 0 aliphatic heterocycles. The van der Waals surface area contributed by atoms with Crippen molar-refractivity contribution < 1.29 is 9.90 Å². The first-order valence-corrected chi connectivity index (χ1v) is 6.22. The first kappa shape index (κ1) is 12.6. The fourth-order valence-corrected chi connectivity index (χ4v) is 1.92. The lowest BCUT2D eigenvalue weighted by molar-refractivity contribution is 0.102. The maximum Gasteiger partial charge on any atom is 0.255 e. The Morgan fingerprint density at radius 2 is 2.00 bits per heavy atom. The third-order valence-corrected chi connectivity index (χ3v) is 3.05. The lowest BCUT2D eigenvalue weighted by Gasteiger charge is -2.07. The summed E-state index contributed by atoms with van der Waals surface area (Å²) in [4.78, 5) is 12.0. The Bertz CT molecular complexity index is 596. The number of amides is 1. The quantitative estimate of drug-likeness (QED) is 0.888.